The number of carbonyl (C=O) groups excluding carboxylic acids is 3. The summed E-state index contributed by atoms with van der Waals surface area (Å²) in [4.78, 5) is 35.1. The summed E-state index contributed by atoms with van der Waals surface area (Å²) in [6.07, 6.45) is 0.519. The zero-order valence-corrected chi connectivity index (χ0v) is 12.4. The summed E-state index contributed by atoms with van der Waals surface area (Å²) < 4.78 is 0.688. The van der Waals surface area contributed by atoms with E-state index < -0.39 is 17.9 Å². The van der Waals surface area contributed by atoms with Gasteiger partial charge in [0.15, 0.2) is 0 Å². The zero-order chi connectivity index (χ0) is 15.0. The van der Waals surface area contributed by atoms with Crippen LogP contribution in [0.1, 0.15) is 23.2 Å². The highest BCUT2D eigenvalue weighted by molar-refractivity contribution is 9.10. The molecule has 7 nitrogen and oxygen atoms in total. The molecule has 1 saturated heterocycles. The second-order valence-electron chi connectivity index (χ2n) is 4.72. The van der Waals surface area contributed by atoms with Crippen LogP contribution in [0.5, 0.6) is 0 Å². The third-order valence-corrected chi connectivity index (χ3v) is 3.93. The van der Waals surface area contributed by atoms with Crippen molar-refractivity contribution in [3.63, 3.8) is 0 Å². The summed E-state index contributed by atoms with van der Waals surface area (Å²) in [5, 5.41) is 12.5. The van der Waals surface area contributed by atoms with Crippen molar-refractivity contribution in [1.82, 2.24) is 20.8 Å². The number of nitrogens with one attached hydrogen (secondary N) is 3. The number of para-hydroxylation sites is 1. The fraction of sp³-hybridized carbons (Fsp3) is 0.231. The molecule has 1 atom stereocenters. The summed E-state index contributed by atoms with van der Waals surface area (Å²) in [7, 11) is 0. The fourth-order valence-electron chi connectivity index (χ4n) is 2.26. The minimum absolute atomic E-state index is 0.217. The quantitative estimate of drug-likeness (QED) is 0.698. The second-order valence-corrected chi connectivity index (χ2v) is 5.51. The maximum Gasteiger partial charge on any atom is 0.254 e. The van der Waals surface area contributed by atoms with Gasteiger partial charge in [-0.15, -0.1) is 0 Å². The Labute approximate surface area is 127 Å². The van der Waals surface area contributed by atoms with Crippen LogP contribution >= 0.6 is 15.9 Å². The monoisotopic (exact) mass is 350 g/mol. The van der Waals surface area contributed by atoms with Gasteiger partial charge < -0.3 is 5.32 Å². The number of piperidine rings is 1. The van der Waals surface area contributed by atoms with Gasteiger partial charge in [0, 0.05) is 11.8 Å². The number of carbonyl (C=O) groups is 3. The lowest BCUT2D eigenvalue weighted by Crippen LogP contribution is -2.52. The lowest BCUT2D eigenvalue weighted by Gasteiger charge is -2.21. The van der Waals surface area contributed by atoms with Crippen LogP contribution < -0.4 is 10.6 Å². The molecule has 1 aliphatic rings. The molecule has 3 N–H and O–H groups in total. The largest absolute Gasteiger partial charge is 0.340 e. The molecule has 0 saturated carbocycles. The second kappa shape index (κ2) is 5.28. The normalized spacial score (nSPS) is 18.6. The van der Waals surface area contributed by atoms with E-state index in [2.05, 4.69) is 36.8 Å². The van der Waals surface area contributed by atoms with Crippen molar-refractivity contribution in [3.8, 4) is 0 Å². The van der Waals surface area contributed by atoms with E-state index in [1.54, 1.807) is 12.1 Å². The van der Waals surface area contributed by atoms with E-state index in [9.17, 15) is 14.4 Å². The molecular weight excluding hydrogens is 340 g/mol. The molecular formula is C13H11BrN4O3. The van der Waals surface area contributed by atoms with Crippen molar-refractivity contribution < 1.29 is 14.4 Å². The predicted molar refractivity (Wildman–Crippen MR) is 77.4 cm³/mol. The van der Waals surface area contributed by atoms with Crippen LogP contribution in [0, 0.1) is 0 Å². The van der Waals surface area contributed by atoms with Crippen LogP contribution in [0.3, 0.4) is 0 Å². The zero-order valence-electron chi connectivity index (χ0n) is 10.8. The molecule has 1 aliphatic heterocycles. The summed E-state index contributed by atoms with van der Waals surface area (Å²) in [5.74, 6) is -1.19. The number of hydrogen-bond donors (Lipinski definition) is 3. The average Bonchev–Trinajstić information content (AvgIpc) is 2.84. The third-order valence-electron chi connectivity index (χ3n) is 3.33. The Morgan fingerprint density at radius 1 is 1.38 bits per heavy atom. The van der Waals surface area contributed by atoms with Crippen LogP contribution in [0.2, 0.25) is 0 Å². The molecule has 1 fully saturated rings. The first kappa shape index (κ1) is 13.7. The minimum atomic E-state index is -0.701. The number of fused-ring (bicyclic) bond motifs is 1. The van der Waals surface area contributed by atoms with Crippen molar-refractivity contribution in [2.24, 2.45) is 0 Å². The predicted octanol–water partition coefficient (Wildman–Crippen LogP) is 0.860. The Morgan fingerprint density at radius 2 is 2.19 bits per heavy atom. The average molecular weight is 351 g/mol. The SMILES string of the molecule is O=C1CCC(NC(=O)c2cccc3c(Br)[nH]nc23)C(=O)N1. The molecule has 2 aromatic rings. The maximum absolute atomic E-state index is 12.3. The van der Waals surface area contributed by atoms with Gasteiger partial charge >= 0.3 is 0 Å². The topological polar surface area (TPSA) is 104 Å². The number of halogens is 1. The Hall–Kier alpha value is -2.22. The van der Waals surface area contributed by atoms with Crippen molar-refractivity contribution >= 4 is 44.6 Å². The fourth-order valence-corrected chi connectivity index (χ4v) is 2.67. The molecule has 21 heavy (non-hydrogen) atoms. The maximum atomic E-state index is 12.3. The number of hydrogen-bond acceptors (Lipinski definition) is 4. The molecule has 8 heteroatoms. The molecule has 0 aliphatic carbocycles. The van der Waals surface area contributed by atoms with Crippen molar-refractivity contribution in [2.75, 3.05) is 0 Å². The van der Waals surface area contributed by atoms with Gasteiger partial charge in [-0.1, -0.05) is 6.07 Å². The molecule has 0 radical (unpaired) electrons. The first-order valence-corrected chi connectivity index (χ1v) is 7.12. The standard InChI is InChI=1S/C13H11BrN4O3/c14-11-6-2-1-3-7(10(6)17-18-11)12(20)15-8-4-5-9(19)16-13(8)21/h1-3,8H,4-5H2,(H,15,20)(H,17,18)(H,16,19,21). The molecule has 0 spiro atoms. The molecule has 0 bridgehead atoms. The number of benzene rings is 1. The summed E-state index contributed by atoms with van der Waals surface area (Å²) in [6.45, 7) is 0. The van der Waals surface area contributed by atoms with E-state index in [4.69, 9.17) is 0 Å². The number of aromatic nitrogens is 2. The highest BCUT2D eigenvalue weighted by Crippen LogP contribution is 2.23. The van der Waals surface area contributed by atoms with Crippen LogP contribution in [-0.4, -0.2) is 34.0 Å². The highest BCUT2D eigenvalue weighted by Gasteiger charge is 2.28. The third kappa shape index (κ3) is 2.54. The lowest BCUT2D eigenvalue weighted by atomic mass is 10.0. The number of H-pyrrole nitrogens is 1. The van der Waals surface area contributed by atoms with Crippen LogP contribution in [0.25, 0.3) is 10.9 Å². The number of imide groups is 1. The molecule has 2 heterocycles. The minimum Gasteiger partial charge on any atom is -0.340 e. The molecule has 1 aromatic carbocycles. The Balaban J connectivity index is 1.84. The summed E-state index contributed by atoms with van der Waals surface area (Å²) in [6, 6.07) is 4.50. The van der Waals surface area contributed by atoms with Crippen LogP contribution in [0.15, 0.2) is 22.8 Å². The van der Waals surface area contributed by atoms with Gasteiger partial charge in [-0.05, 0) is 34.5 Å². The van der Waals surface area contributed by atoms with Crippen molar-refractivity contribution in [2.45, 2.75) is 18.9 Å². The molecule has 3 amide bonds. The number of rotatable bonds is 2. The number of aromatic amines is 1. The van der Waals surface area contributed by atoms with Crippen molar-refractivity contribution in [3.05, 3.63) is 28.4 Å². The summed E-state index contributed by atoms with van der Waals surface area (Å²) in [5.41, 5.74) is 0.897. The van der Waals surface area contributed by atoms with Crippen LogP contribution in [0.4, 0.5) is 0 Å². The van der Waals surface area contributed by atoms with E-state index >= 15 is 0 Å². The van der Waals surface area contributed by atoms with Gasteiger partial charge in [-0.3, -0.25) is 24.8 Å². The van der Waals surface area contributed by atoms with Crippen LogP contribution in [-0.2, 0) is 9.59 Å². The van der Waals surface area contributed by atoms with E-state index in [0.717, 1.165) is 5.39 Å². The number of nitrogens with zero attached hydrogens (tertiary/aromatic N) is 1. The Bertz CT molecular complexity index is 755. The molecule has 3 rings (SSSR count). The van der Waals surface area contributed by atoms with Gasteiger partial charge in [0.25, 0.3) is 5.91 Å². The molecule has 1 unspecified atom stereocenters. The van der Waals surface area contributed by atoms with E-state index in [1.807, 2.05) is 6.07 Å². The molecule has 1 aromatic heterocycles. The van der Waals surface area contributed by atoms with Gasteiger partial charge in [-0.2, -0.15) is 5.10 Å². The first-order chi connectivity index (χ1) is 10.1. The number of amides is 3. The van der Waals surface area contributed by atoms with E-state index in [-0.39, 0.29) is 12.3 Å². The summed E-state index contributed by atoms with van der Waals surface area (Å²) >= 11 is 3.31. The van der Waals surface area contributed by atoms with E-state index in [0.29, 0.717) is 22.1 Å². The van der Waals surface area contributed by atoms with E-state index in [1.165, 1.54) is 0 Å². The first-order valence-electron chi connectivity index (χ1n) is 6.33. The smallest absolute Gasteiger partial charge is 0.254 e. The lowest BCUT2D eigenvalue weighted by molar-refractivity contribution is -0.134. The van der Waals surface area contributed by atoms with Gasteiger partial charge in [-0.25, -0.2) is 0 Å². The van der Waals surface area contributed by atoms with Gasteiger partial charge in [0.2, 0.25) is 11.8 Å². The van der Waals surface area contributed by atoms with Gasteiger partial charge in [0.1, 0.15) is 16.2 Å². The Kier molecular flexibility index (Phi) is 3.46. The Morgan fingerprint density at radius 3 is 2.95 bits per heavy atom. The van der Waals surface area contributed by atoms with Gasteiger partial charge in [0.05, 0.1) is 5.56 Å². The molecule has 108 valence electrons. The highest BCUT2D eigenvalue weighted by atomic mass is 79.9. The van der Waals surface area contributed by atoms with Crippen molar-refractivity contribution in [1.29, 1.82) is 0 Å².